The van der Waals surface area contributed by atoms with Crippen molar-refractivity contribution in [3.63, 3.8) is 0 Å². The topological polar surface area (TPSA) is 58.6 Å². The summed E-state index contributed by atoms with van der Waals surface area (Å²) in [5, 5.41) is 3.41. The molecule has 1 atom stereocenters. The number of halogens is 1. The number of hydrogen-bond acceptors (Lipinski definition) is 3. The van der Waals surface area contributed by atoms with Gasteiger partial charge in [0, 0.05) is 17.1 Å². The predicted octanol–water partition coefficient (Wildman–Crippen LogP) is 3.37. The first kappa shape index (κ1) is 18.2. The van der Waals surface area contributed by atoms with Crippen molar-refractivity contribution in [3.05, 3.63) is 34.9 Å². The summed E-state index contributed by atoms with van der Waals surface area (Å²) in [5.74, 6) is -0.321. The van der Waals surface area contributed by atoms with E-state index in [1.807, 2.05) is 6.92 Å². The summed E-state index contributed by atoms with van der Waals surface area (Å²) in [7, 11) is 0. The molecule has 1 N–H and O–H groups in total. The van der Waals surface area contributed by atoms with Crippen LogP contribution in [0.5, 0.6) is 0 Å². The lowest BCUT2D eigenvalue weighted by molar-refractivity contribution is -0.127. The van der Waals surface area contributed by atoms with Crippen LogP contribution in [0.1, 0.15) is 55.8 Å². The molecule has 1 heterocycles. The lowest BCUT2D eigenvalue weighted by atomic mass is 9.89. The zero-order valence-corrected chi connectivity index (χ0v) is 15.3. The number of rotatable bonds is 4. The largest absolute Gasteiger partial charge is 0.354 e. The maximum absolute atomic E-state index is 13.3. The number of carbonyl (C=O) groups is 2. The molecule has 2 aliphatic rings. The molecular weight excluding hydrogens is 340 g/mol. The molecule has 1 spiro atoms. The van der Waals surface area contributed by atoms with E-state index in [0.717, 1.165) is 38.5 Å². The highest BCUT2D eigenvalue weighted by atomic mass is 35.5. The van der Waals surface area contributed by atoms with E-state index >= 15 is 0 Å². The third kappa shape index (κ3) is 3.67. The maximum Gasteiger partial charge on any atom is 0.256 e. The van der Waals surface area contributed by atoms with Crippen LogP contribution in [0.2, 0.25) is 5.02 Å². The molecule has 2 fully saturated rings. The summed E-state index contributed by atoms with van der Waals surface area (Å²) in [6.07, 6.45) is 5.54. The quantitative estimate of drug-likeness (QED) is 0.891. The molecule has 0 bridgehead atoms. The molecular formula is C19H25ClN2O3. The Morgan fingerprint density at radius 2 is 2.08 bits per heavy atom. The molecule has 25 heavy (non-hydrogen) atoms. The molecule has 2 amide bonds. The van der Waals surface area contributed by atoms with Crippen LogP contribution in [0.4, 0.5) is 0 Å². The van der Waals surface area contributed by atoms with Crippen molar-refractivity contribution < 1.29 is 14.3 Å². The third-order valence-electron chi connectivity index (χ3n) is 5.04. The number of ether oxygens (including phenoxy) is 1. The van der Waals surface area contributed by atoms with Crippen molar-refractivity contribution in [1.29, 1.82) is 0 Å². The Morgan fingerprint density at radius 1 is 1.32 bits per heavy atom. The average molecular weight is 365 g/mol. The van der Waals surface area contributed by atoms with Gasteiger partial charge in [-0.3, -0.25) is 14.5 Å². The zero-order valence-electron chi connectivity index (χ0n) is 14.6. The molecule has 6 heteroatoms. The lowest BCUT2D eigenvalue weighted by Gasteiger charge is -2.41. The number of amides is 2. The number of nitrogens with zero attached hydrogens (tertiary/aromatic N) is 1. The van der Waals surface area contributed by atoms with Crippen molar-refractivity contribution >= 4 is 23.4 Å². The molecule has 1 aliphatic carbocycles. The predicted molar refractivity (Wildman–Crippen MR) is 96.5 cm³/mol. The Hall–Kier alpha value is -1.59. The van der Waals surface area contributed by atoms with Gasteiger partial charge in [-0.2, -0.15) is 0 Å². The monoisotopic (exact) mass is 364 g/mol. The van der Waals surface area contributed by atoms with E-state index in [-0.39, 0.29) is 18.4 Å². The van der Waals surface area contributed by atoms with Gasteiger partial charge in [-0.25, -0.2) is 0 Å². The van der Waals surface area contributed by atoms with Crippen LogP contribution in [0.25, 0.3) is 0 Å². The number of carbonyl (C=O) groups excluding carboxylic acids is 2. The number of benzene rings is 1. The van der Waals surface area contributed by atoms with Crippen molar-refractivity contribution in [1.82, 2.24) is 10.2 Å². The van der Waals surface area contributed by atoms with E-state index in [1.54, 1.807) is 29.2 Å². The molecule has 1 saturated heterocycles. The average Bonchev–Trinajstić information content (AvgIpc) is 2.98. The van der Waals surface area contributed by atoms with Crippen molar-refractivity contribution in [2.75, 3.05) is 13.2 Å². The fourth-order valence-corrected chi connectivity index (χ4v) is 3.99. The zero-order chi connectivity index (χ0) is 17.9. The fourth-order valence-electron chi connectivity index (χ4n) is 3.80. The normalized spacial score (nSPS) is 22.2. The highest BCUT2D eigenvalue weighted by Gasteiger charge is 2.52. The van der Waals surface area contributed by atoms with Crippen molar-refractivity contribution in [2.45, 2.75) is 57.2 Å². The van der Waals surface area contributed by atoms with Gasteiger partial charge in [-0.1, -0.05) is 31.0 Å². The second kappa shape index (κ2) is 7.75. The van der Waals surface area contributed by atoms with Gasteiger partial charge in [0.15, 0.2) is 0 Å². The maximum atomic E-state index is 13.3. The Morgan fingerprint density at radius 3 is 2.76 bits per heavy atom. The smallest absolute Gasteiger partial charge is 0.256 e. The Labute approximate surface area is 153 Å². The van der Waals surface area contributed by atoms with Gasteiger partial charge in [-0.15, -0.1) is 0 Å². The Kier molecular flexibility index (Phi) is 5.64. The standard InChI is InChI=1S/C19H25ClN2O3/c1-2-11-21-17(23)16-13-25-19(9-4-3-5-10-19)22(16)18(24)14-7-6-8-15(20)12-14/h6-8,12,16H,2-5,9-11,13H2,1H3,(H,21,23)/t16-/m1/s1. The minimum atomic E-state index is -0.661. The molecule has 0 unspecified atom stereocenters. The Bertz CT molecular complexity index is 643. The van der Waals surface area contributed by atoms with Crippen LogP contribution in [-0.2, 0) is 9.53 Å². The molecule has 0 radical (unpaired) electrons. The van der Waals surface area contributed by atoms with Gasteiger partial charge in [0.05, 0.1) is 6.61 Å². The van der Waals surface area contributed by atoms with Crippen LogP contribution in [0.15, 0.2) is 24.3 Å². The van der Waals surface area contributed by atoms with Gasteiger partial charge in [0.25, 0.3) is 5.91 Å². The van der Waals surface area contributed by atoms with E-state index in [2.05, 4.69) is 5.32 Å². The van der Waals surface area contributed by atoms with Crippen LogP contribution < -0.4 is 5.32 Å². The third-order valence-corrected chi connectivity index (χ3v) is 5.27. The van der Waals surface area contributed by atoms with E-state index in [1.165, 1.54) is 0 Å². The van der Waals surface area contributed by atoms with Crippen LogP contribution in [-0.4, -0.2) is 41.6 Å². The van der Waals surface area contributed by atoms with Gasteiger partial charge < -0.3 is 10.1 Å². The van der Waals surface area contributed by atoms with E-state index in [9.17, 15) is 9.59 Å². The highest BCUT2D eigenvalue weighted by molar-refractivity contribution is 6.31. The van der Waals surface area contributed by atoms with E-state index in [0.29, 0.717) is 17.1 Å². The molecule has 1 saturated carbocycles. The SMILES string of the molecule is CCCNC(=O)[C@H]1COC2(CCCCC2)N1C(=O)c1cccc(Cl)c1. The second-order valence-electron chi connectivity index (χ2n) is 6.81. The summed E-state index contributed by atoms with van der Waals surface area (Å²) >= 11 is 6.06. The first-order chi connectivity index (χ1) is 12.1. The van der Waals surface area contributed by atoms with Crippen LogP contribution in [0, 0.1) is 0 Å². The molecule has 136 valence electrons. The number of hydrogen-bond donors (Lipinski definition) is 1. The van der Waals surface area contributed by atoms with E-state index in [4.69, 9.17) is 16.3 Å². The Balaban J connectivity index is 1.91. The summed E-state index contributed by atoms with van der Waals surface area (Å²) in [4.78, 5) is 27.6. The number of nitrogens with one attached hydrogen (secondary N) is 1. The van der Waals surface area contributed by atoms with Crippen LogP contribution in [0.3, 0.4) is 0 Å². The molecule has 3 rings (SSSR count). The molecule has 1 aliphatic heterocycles. The van der Waals surface area contributed by atoms with Gasteiger partial charge in [0.1, 0.15) is 11.8 Å². The van der Waals surface area contributed by atoms with Crippen molar-refractivity contribution in [2.24, 2.45) is 0 Å². The second-order valence-corrected chi connectivity index (χ2v) is 7.25. The molecule has 0 aromatic heterocycles. The van der Waals surface area contributed by atoms with Gasteiger partial charge >= 0.3 is 0 Å². The molecule has 5 nitrogen and oxygen atoms in total. The highest BCUT2D eigenvalue weighted by Crippen LogP contribution is 2.41. The fraction of sp³-hybridized carbons (Fsp3) is 0.579. The summed E-state index contributed by atoms with van der Waals surface area (Å²) < 4.78 is 6.09. The minimum absolute atomic E-state index is 0.139. The summed E-state index contributed by atoms with van der Waals surface area (Å²) in [5.41, 5.74) is -0.164. The van der Waals surface area contributed by atoms with E-state index < -0.39 is 11.8 Å². The lowest BCUT2D eigenvalue weighted by Crippen LogP contribution is -2.56. The first-order valence-electron chi connectivity index (χ1n) is 9.08. The molecule has 1 aromatic rings. The van der Waals surface area contributed by atoms with Crippen molar-refractivity contribution in [3.8, 4) is 0 Å². The van der Waals surface area contributed by atoms with Gasteiger partial charge in [-0.05, 0) is 50.3 Å². The first-order valence-corrected chi connectivity index (χ1v) is 9.46. The summed E-state index contributed by atoms with van der Waals surface area (Å²) in [6, 6.07) is 6.30. The summed E-state index contributed by atoms with van der Waals surface area (Å²) in [6.45, 7) is 2.85. The molecule has 1 aromatic carbocycles. The minimum Gasteiger partial charge on any atom is -0.354 e. The van der Waals surface area contributed by atoms with Crippen LogP contribution >= 0.6 is 11.6 Å². The van der Waals surface area contributed by atoms with Gasteiger partial charge in [0.2, 0.25) is 5.91 Å².